The highest BCUT2D eigenvalue weighted by Gasteiger charge is 2.11. The molecule has 6 heteroatoms. The van der Waals surface area contributed by atoms with Crippen LogP contribution in [0.25, 0.3) is 17.2 Å². The van der Waals surface area contributed by atoms with Crippen LogP contribution in [0.3, 0.4) is 0 Å². The molecule has 0 aliphatic heterocycles. The lowest BCUT2D eigenvalue weighted by Crippen LogP contribution is -2.08. The Kier molecular flexibility index (Phi) is 2.85. The average Bonchev–Trinajstić information content (AvgIpc) is 3.08. The van der Waals surface area contributed by atoms with Crippen LogP contribution in [0.15, 0.2) is 48.2 Å². The van der Waals surface area contributed by atoms with Gasteiger partial charge in [-0.15, -0.1) is 11.3 Å². The van der Waals surface area contributed by atoms with Gasteiger partial charge in [0.1, 0.15) is 5.69 Å². The van der Waals surface area contributed by atoms with Crippen molar-refractivity contribution in [3.05, 3.63) is 53.1 Å². The van der Waals surface area contributed by atoms with Gasteiger partial charge in [-0.2, -0.15) is 0 Å². The molecule has 0 aromatic carbocycles. The van der Waals surface area contributed by atoms with Crippen LogP contribution in [0.5, 0.6) is 0 Å². The Balaban J connectivity index is 2.07. The molecule has 0 aliphatic rings. The summed E-state index contributed by atoms with van der Waals surface area (Å²) in [5.41, 5.74) is 6.90. The van der Waals surface area contributed by atoms with Crippen molar-refractivity contribution in [1.29, 1.82) is 0 Å². The van der Waals surface area contributed by atoms with E-state index in [1.807, 2.05) is 34.3 Å². The summed E-state index contributed by atoms with van der Waals surface area (Å²) in [5, 5.41) is 1.87. The molecule has 0 spiro atoms. The number of hydrogen-bond donors (Lipinski definition) is 1. The molecular weight excluding hydrogens is 260 g/mol. The Morgan fingerprint density at radius 1 is 1.26 bits per heavy atom. The number of aromatic nitrogens is 3. The average molecular weight is 270 g/mol. The Morgan fingerprint density at radius 3 is 2.84 bits per heavy atom. The summed E-state index contributed by atoms with van der Waals surface area (Å²) in [6, 6.07) is 7.40. The van der Waals surface area contributed by atoms with E-state index in [0.717, 1.165) is 17.2 Å². The molecule has 0 aliphatic carbocycles. The van der Waals surface area contributed by atoms with E-state index in [9.17, 15) is 4.79 Å². The van der Waals surface area contributed by atoms with Crippen LogP contribution in [0.2, 0.25) is 0 Å². The summed E-state index contributed by atoms with van der Waals surface area (Å²) >= 11 is 1.32. The fourth-order valence-electron chi connectivity index (χ4n) is 1.78. The fraction of sp³-hybridized carbons (Fsp3) is 0. The zero-order valence-electron chi connectivity index (χ0n) is 9.85. The molecule has 94 valence electrons. The third-order valence-electron chi connectivity index (χ3n) is 2.64. The second kappa shape index (κ2) is 4.66. The molecule has 3 heterocycles. The minimum atomic E-state index is -0.421. The van der Waals surface area contributed by atoms with Crippen LogP contribution >= 0.6 is 11.3 Å². The maximum Gasteiger partial charge on any atom is 0.258 e. The van der Waals surface area contributed by atoms with E-state index < -0.39 is 5.91 Å². The number of rotatable bonds is 3. The van der Waals surface area contributed by atoms with E-state index in [0.29, 0.717) is 4.88 Å². The molecule has 0 saturated heterocycles. The summed E-state index contributed by atoms with van der Waals surface area (Å²) in [7, 11) is 0. The molecule has 0 fully saturated rings. The Morgan fingerprint density at radius 2 is 2.16 bits per heavy atom. The summed E-state index contributed by atoms with van der Waals surface area (Å²) in [6.45, 7) is 0. The number of thiophene rings is 1. The second-order valence-corrected chi connectivity index (χ2v) is 4.78. The number of nitrogens with zero attached hydrogens (tertiary/aromatic N) is 3. The summed E-state index contributed by atoms with van der Waals surface area (Å²) < 4.78 is 1.88. The van der Waals surface area contributed by atoms with Crippen LogP contribution in [0, 0.1) is 0 Å². The fourth-order valence-corrected chi connectivity index (χ4v) is 2.51. The zero-order chi connectivity index (χ0) is 13.2. The molecular formula is C13H10N4OS. The first kappa shape index (κ1) is 11.6. The van der Waals surface area contributed by atoms with E-state index in [2.05, 4.69) is 9.97 Å². The minimum Gasteiger partial charge on any atom is -0.365 e. The van der Waals surface area contributed by atoms with Crippen LogP contribution in [-0.2, 0) is 0 Å². The van der Waals surface area contributed by atoms with E-state index >= 15 is 0 Å². The molecule has 19 heavy (non-hydrogen) atoms. The van der Waals surface area contributed by atoms with Gasteiger partial charge in [0.15, 0.2) is 5.82 Å². The van der Waals surface area contributed by atoms with Gasteiger partial charge in [-0.3, -0.25) is 14.3 Å². The Labute approximate surface area is 113 Å². The second-order valence-electron chi connectivity index (χ2n) is 3.87. The Hall–Kier alpha value is -2.47. The van der Waals surface area contributed by atoms with Gasteiger partial charge in [-0.05, 0) is 18.2 Å². The number of nitrogens with two attached hydrogens (primary N) is 1. The lowest BCUT2D eigenvalue weighted by atomic mass is 10.3. The van der Waals surface area contributed by atoms with Crippen LogP contribution in [0.1, 0.15) is 9.67 Å². The van der Waals surface area contributed by atoms with Gasteiger partial charge < -0.3 is 5.73 Å². The van der Waals surface area contributed by atoms with Crippen molar-refractivity contribution in [2.24, 2.45) is 5.73 Å². The number of hydrogen-bond acceptors (Lipinski definition) is 4. The number of amides is 1. The first-order valence-corrected chi connectivity index (χ1v) is 6.47. The molecule has 0 bridgehead atoms. The quantitative estimate of drug-likeness (QED) is 0.792. The number of imidazole rings is 1. The molecule has 2 N–H and O–H groups in total. The standard InChI is InChI=1S/C13H10N4OS/c14-12(18)11-7-9(8-19-11)17-6-5-16-13(17)10-3-1-2-4-15-10/h1-8H,(H2,14,18). The molecule has 0 saturated carbocycles. The third kappa shape index (κ3) is 2.13. The van der Waals surface area contributed by atoms with Gasteiger partial charge in [0.25, 0.3) is 5.91 Å². The van der Waals surface area contributed by atoms with Crippen molar-refractivity contribution in [3.63, 3.8) is 0 Å². The monoisotopic (exact) mass is 270 g/mol. The van der Waals surface area contributed by atoms with Gasteiger partial charge in [0.2, 0.25) is 0 Å². The van der Waals surface area contributed by atoms with E-state index in [4.69, 9.17) is 5.73 Å². The summed E-state index contributed by atoms with van der Waals surface area (Å²) in [6.07, 6.45) is 5.25. The van der Waals surface area contributed by atoms with Gasteiger partial charge in [0, 0.05) is 24.0 Å². The van der Waals surface area contributed by atoms with Crippen LogP contribution in [0.4, 0.5) is 0 Å². The highest BCUT2D eigenvalue weighted by molar-refractivity contribution is 7.12. The van der Waals surface area contributed by atoms with Crippen LogP contribution in [-0.4, -0.2) is 20.4 Å². The van der Waals surface area contributed by atoms with Crippen molar-refractivity contribution in [2.45, 2.75) is 0 Å². The van der Waals surface area contributed by atoms with Gasteiger partial charge in [-0.25, -0.2) is 4.98 Å². The lowest BCUT2D eigenvalue weighted by Gasteiger charge is -2.04. The predicted molar refractivity (Wildman–Crippen MR) is 73.2 cm³/mol. The zero-order valence-corrected chi connectivity index (χ0v) is 10.7. The molecule has 0 radical (unpaired) electrons. The third-order valence-corrected chi connectivity index (χ3v) is 3.57. The van der Waals surface area contributed by atoms with Crippen molar-refractivity contribution in [3.8, 4) is 17.2 Å². The molecule has 0 atom stereocenters. The topological polar surface area (TPSA) is 73.8 Å². The van der Waals surface area contributed by atoms with Crippen molar-refractivity contribution in [1.82, 2.24) is 14.5 Å². The molecule has 5 nitrogen and oxygen atoms in total. The number of carbonyl (C=O) groups is 1. The van der Waals surface area contributed by atoms with Crippen molar-refractivity contribution in [2.75, 3.05) is 0 Å². The van der Waals surface area contributed by atoms with E-state index in [-0.39, 0.29) is 0 Å². The first-order chi connectivity index (χ1) is 9.25. The highest BCUT2D eigenvalue weighted by atomic mass is 32.1. The summed E-state index contributed by atoms with van der Waals surface area (Å²) in [4.78, 5) is 20.2. The van der Waals surface area contributed by atoms with Gasteiger partial charge >= 0.3 is 0 Å². The van der Waals surface area contributed by atoms with E-state index in [1.165, 1.54) is 11.3 Å². The minimum absolute atomic E-state index is 0.421. The SMILES string of the molecule is NC(=O)c1cc(-n2ccnc2-c2ccccn2)cs1. The Bertz CT molecular complexity index is 717. The predicted octanol–water partition coefficient (Wildman–Crippen LogP) is 2.09. The number of carbonyl (C=O) groups excluding carboxylic acids is 1. The normalized spacial score (nSPS) is 10.5. The van der Waals surface area contributed by atoms with Crippen molar-refractivity contribution < 1.29 is 4.79 Å². The largest absolute Gasteiger partial charge is 0.365 e. The van der Waals surface area contributed by atoms with Gasteiger partial charge in [0.05, 0.1) is 10.6 Å². The molecule has 3 aromatic heterocycles. The molecule has 1 amide bonds. The maximum atomic E-state index is 11.1. The van der Waals surface area contributed by atoms with Crippen molar-refractivity contribution >= 4 is 17.2 Å². The molecule has 3 aromatic rings. The summed E-state index contributed by atoms with van der Waals surface area (Å²) in [5.74, 6) is 0.310. The maximum absolute atomic E-state index is 11.1. The smallest absolute Gasteiger partial charge is 0.258 e. The first-order valence-electron chi connectivity index (χ1n) is 5.59. The highest BCUT2D eigenvalue weighted by Crippen LogP contribution is 2.23. The van der Waals surface area contributed by atoms with Crippen LogP contribution < -0.4 is 5.73 Å². The molecule has 0 unspecified atom stereocenters. The lowest BCUT2D eigenvalue weighted by molar-refractivity contribution is 0.100. The van der Waals surface area contributed by atoms with Gasteiger partial charge in [-0.1, -0.05) is 6.07 Å². The number of pyridine rings is 1. The number of primary amides is 1. The molecule has 3 rings (SSSR count). The van der Waals surface area contributed by atoms with E-state index in [1.54, 1.807) is 18.5 Å².